The second kappa shape index (κ2) is 12.7. The zero-order valence-corrected chi connectivity index (χ0v) is 20.0. The zero-order valence-electron chi connectivity index (χ0n) is 20.0. The Balaban J connectivity index is 1.87. The van der Waals surface area contributed by atoms with Crippen LogP contribution in [0.5, 0.6) is 0 Å². The number of hydrogen-bond donors (Lipinski definition) is 1. The lowest BCUT2D eigenvalue weighted by molar-refractivity contribution is -0.141. The molecule has 1 atom stereocenters. The summed E-state index contributed by atoms with van der Waals surface area (Å²) >= 11 is 0. The fourth-order valence-corrected chi connectivity index (χ4v) is 3.86. The van der Waals surface area contributed by atoms with Crippen molar-refractivity contribution in [2.24, 2.45) is 0 Å². The molecule has 4 nitrogen and oxygen atoms in total. The van der Waals surface area contributed by atoms with E-state index in [1.807, 2.05) is 68.4 Å². The Bertz CT molecular complexity index is 1050. The summed E-state index contributed by atoms with van der Waals surface area (Å²) in [4.78, 5) is 28.4. The monoisotopic (exact) mass is 460 g/mol. The van der Waals surface area contributed by atoms with Gasteiger partial charge in [0, 0.05) is 25.9 Å². The number of hydrogen-bond acceptors (Lipinski definition) is 2. The van der Waals surface area contributed by atoms with Crippen molar-refractivity contribution in [1.82, 2.24) is 10.2 Å². The molecule has 0 saturated heterocycles. The second-order valence-corrected chi connectivity index (χ2v) is 8.63. The lowest BCUT2D eigenvalue weighted by Gasteiger charge is -2.31. The third-order valence-electron chi connectivity index (χ3n) is 5.83. The smallest absolute Gasteiger partial charge is 0.243 e. The molecule has 0 heterocycles. The van der Waals surface area contributed by atoms with Crippen molar-refractivity contribution in [3.63, 3.8) is 0 Å². The number of carbonyl (C=O) groups is 2. The molecule has 34 heavy (non-hydrogen) atoms. The largest absolute Gasteiger partial charge is 0.354 e. The van der Waals surface area contributed by atoms with Crippen LogP contribution in [0.4, 0.5) is 4.39 Å². The molecule has 0 aliphatic carbocycles. The van der Waals surface area contributed by atoms with Crippen LogP contribution in [0.3, 0.4) is 0 Å². The highest BCUT2D eigenvalue weighted by Gasteiger charge is 2.30. The van der Waals surface area contributed by atoms with Gasteiger partial charge in [0.2, 0.25) is 11.8 Å². The molecule has 0 bridgehead atoms. The number of amides is 2. The predicted octanol–water partition coefficient (Wildman–Crippen LogP) is 5.23. The van der Waals surface area contributed by atoms with E-state index in [0.717, 1.165) is 23.1 Å². The predicted molar refractivity (Wildman–Crippen MR) is 134 cm³/mol. The van der Waals surface area contributed by atoms with Crippen LogP contribution in [0.25, 0.3) is 0 Å². The molecular weight excluding hydrogens is 427 g/mol. The molecular formula is C29H33FN2O2. The topological polar surface area (TPSA) is 49.4 Å². The fourth-order valence-electron chi connectivity index (χ4n) is 3.86. The fraction of sp³-hybridized carbons (Fsp3) is 0.310. The first kappa shape index (κ1) is 25.2. The van der Waals surface area contributed by atoms with Crippen LogP contribution in [-0.2, 0) is 29.0 Å². The Hall–Kier alpha value is -3.47. The first-order valence-electron chi connectivity index (χ1n) is 11.9. The summed E-state index contributed by atoms with van der Waals surface area (Å²) in [5.74, 6) is -0.600. The van der Waals surface area contributed by atoms with Crippen molar-refractivity contribution in [3.8, 4) is 0 Å². The average molecular weight is 461 g/mol. The lowest BCUT2D eigenvalue weighted by Crippen LogP contribution is -2.50. The molecule has 0 radical (unpaired) electrons. The van der Waals surface area contributed by atoms with E-state index in [9.17, 15) is 14.0 Å². The van der Waals surface area contributed by atoms with Crippen molar-refractivity contribution in [2.45, 2.75) is 52.1 Å². The van der Waals surface area contributed by atoms with Gasteiger partial charge in [0.1, 0.15) is 11.9 Å². The minimum absolute atomic E-state index is 0.0996. The quantitative estimate of drug-likeness (QED) is 0.426. The van der Waals surface area contributed by atoms with Crippen LogP contribution in [0.1, 0.15) is 42.0 Å². The Kier molecular flexibility index (Phi) is 9.39. The van der Waals surface area contributed by atoms with Gasteiger partial charge in [-0.25, -0.2) is 4.39 Å². The molecule has 0 aliphatic heterocycles. The van der Waals surface area contributed by atoms with E-state index in [2.05, 4.69) is 5.32 Å². The van der Waals surface area contributed by atoms with Crippen LogP contribution in [0.15, 0.2) is 78.9 Å². The third-order valence-corrected chi connectivity index (χ3v) is 5.83. The number of halogens is 1. The summed E-state index contributed by atoms with van der Waals surface area (Å²) in [5, 5.41) is 2.97. The highest BCUT2D eigenvalue weighted by Crippen LogP contribution is 2.17. The first-order valence-corrected chi connectivity index (χ1v) is 11.9. The molecule has 0 spiro atoms. The summed E-state index contributed by atoms with van der Waals surface area (Å²) < 4.78 is 13.5. The van der Waals surface area contributed by atoms with E-state index in [0.29, 0.717) is 19.4 Å². The van der Waals surface area contributed by atoms with Gasteiger partial charge in [-0.15, -0.1) is 0 Å². The highest BCUT2D eigenvalue weighted by molar-refractivity contribution is 5.88. The van der Waals surface area contributed by atoms with Crippen molar-refractivity contribution in [1.29, 1.82) is 0 Å². The molecule has 0 unspecified atom stereocenters. The van der Waals surface area contributed by atoms with E-state index >= 15 is 0 Å². The molecule has 0 fully saturated rings. The molecule has 5 heteroatoms. The van der Waals surface area contributed by atoms with Crippen LogP contribution >= 0.6 is 0 Å². The summed E-state index contributed by atoms with van der Waals surface area (Å²) in [6.45, 7) is 4.81. The van der Waals surface area contributed by atoms with E-state index in [4.69, 9.17) is 0 Å². The maximum Gasteiger partial charge on any atom is 0.243 e. The number of rotatable bonds is 11. The van der Waals surface area contributed by atoms with Gasteiger partial charge in [-0.05, 0) is 48.6 Å². The minimum Gasteiger partial charge on any atom is -0.354 e. The molecule has 3 rings (SSSR count). The zero-order chi connectivity index (χ0) is 24.3. The number of carbonyl (C=O) groups excluding carboxylic acids is 2. The van der Waals surface area contributed by atoms with Gasteiger partial charge >= 0.3 is 0 Å². The van der Waals surface area contributed by atoms with Crippen molar-refractivity contribution >= 4 is 11.8 Å². The molecule has 0 aliphatic rings. The highest BCUT2D eigenvalue weighted by atomic mass is 19.1. The molecule has 1 N–H and O–H groups in total. The standard InChI is InChI=1S/C29H33FN2O2/c1-3-19-31-29(34)27(20-24-7-5-4-6-8-24)32(21-25-13-16-26(30)17-14-25)28(33)18-15-23-11-9-22(2)10-12-23/h4-14,16-17,27H,3,15,18-21H2,1-2H3,(H,31,34)/t27-/m0/s1. The summed E-state index contributed by atoms with van der Waals surface area (Å²) in [6, 6.07) is 23.3. The molecule has 2 amide bonds. The average Bonchev–Trinajstić information content (AvgIpc) is 2.86. The van der Waals surface area contributed by atoms with Gasteiger partial charge in [0.15, 0.2) is 0 Å². The van der Waals surface area contributed by atoms with Crippen molar-refractivity contribution in [3.05, 3.63) is 107 Å². The molecule has 3 aromatic rings. The van der Waals surface area contributed by atoms with E-state index in [1.165, 1.54) is 17.7 Å². The number of nitrogens with one attached hydrogen (secondary N) is 1. The second-order valence-electron chi connectivity index (χ2n) is 8.63. The van der Waals surface area contributed by atoms with Crippen LogP contribution < -0.4 is 5.32 Å². The van der Waals surface area contributed by atoms with Crippen LogP contribution in [0, 0.1) is 12.7 Å². The van der Waals surface area contributed by atoms with E-state index in [-0.39, 0.29) is 30.6 Å². The van der Waals surface area contributed by atoms with Crippen molar-refractivity contribution < 1.29 is 14.0 Å². The Morgan fingerprint density at radius 1 is 0.882 bits per heavy atom. The van der Waals surface area contributed by atoms with E-state index < -0.39 is 6.04 Å². The molecule has 178 valence electrons. The number of aryl methyl sites for hydroxylation is 2. The normalized spacial score (nSPS) is 11.6. The first-order chi connectivity index (χ1) is 16.5. The molecule has 3 aromatic carbocycles. The minimum atomic E-state index is -0.662. The van der Waals surface area contributed by atoms with Crippen LogP contribution in [-0.4, -0.2) is 29.3 Å². The maximum absolute atomic E-state index is 13.5. The SMILES string of the molecule is CCCNC(=O)[C@H](Cc1ccccc1)N(Cc1ccc(F)cc1)C(=O)CCc1ccc(C)cc1. The van der Waals surface area contributed by atoms with Gasteiger partial charge < -0.3 is 10.2 Å². The van der Waals surface area contributed by atoms with Gasteiger partial charge in [-0.1, -0.05) is 79.2 Å². The number of nitrogens with zero attached hydrogens (tertiary/aromatic N) is 1. The Labute approximate surface area is 201 Å². The van der Waals surface area contributed by atoms with E-state index in [1.54, 1.807) is 17.0 Å². The Morgan fingerprint density at radius 3 is 2.18 bits per heavy atom. The van der Waals surface area contributed by atoms with Crippen LogP contribution in [0.2, 0.25) is 0 Å². The van der Waals surface area contributed by atoms with Gasteiger partial charge in [0.05, 0.1) is 0 Å². The van der Waals surface area contributed by atoms with Gasteiger partial charge in [-0.3, -0.25) is 9.59 Å². The molecule has 0 saturated carbocycles. The lowest BCUT2D eigenvalue weighted by atomic mass is 10.0. The van der Waals surface area contributed by atoms with Gasteiger partial charge in [0.25, 0.3) is 0 Å². The number of benzene rings is 3. The molecule has 0 aromatic heterocycles. The maximum atomic E-state index is 13.5. The van der Waals surface area contributed by atoms with Crippen molar-refractivity contribution in [2.75, 3.05) is 6.54 Å². The van der Waals surface area contributed by atoms with Gasteiger partial charge in [-0.2, -0.15) is 0 Å². The summed E-state index contributed by atoms with van der Waals surface area (Å²) in [5.41, 5.74) is 4.01. The summed E-state index contributed by atoms with van der Waals surface area (Å²) in [6.07, 6.45) is 2.10. The third kappa shape index (κ3) is 7.55. The summed E-state index contributed by atoms with van der Waals surface area (Å²) in [7, 11) is 0. The Morgan fingerprint density at radius 2 is 1.53 bits per heavy atom.